The van der Waals surface area contributed by atoms with Crippen molar-refractivity contribution in [2.75, 3.05) is 19.5 Å². The van der Waals surface area contributed by atoms with Gasteiger partial charge in [0.05, 0.1) is 32.3 Å². The van der Waals surface area contributed by atoms with Crippen molar-refractivity contribution in [1.82, 2.24) is 0 Å². The second-order valence-electron chi connectivity index (χ2n) is 5.72. The van der Waals surface area contributed by atoms with Crippen LogP contribution in [0.5, 0.6) is 11.5 Å². The number of benzene rings is 1. The number of rotatable bonds is 5. The van der Waals surface area contributed by atoms with Crippen molar-refractivity contribution < 1.29 is 28.9 Å². The summed E-state index contributed by atoms with van der Waals surface area (Å²) in [4.78, 5) is 23.9. The molecule has 0 aliphatic carbocycles. The minimum Gasteiger partial charge on any atom is -0.550 e. The summed E-state index contributed by atoms with van der Waals surface area (Å²) in [5.41, 5.74) is 0.507. The van der Waals surface area contributed by atoms with Gasteiger partial charge < -0.3 is 29.4 Å². The fraction of sp³-hybridized carbons (Fsp3) is 0.500. The van der Waals surface area contributed by atoms with Gasteiger partial charge in [0.2, 0.25) is 5.91 Å². The molecule has 2 bridgehead atoms. The number of carbonyl (C=O) groups is 2. The van der Waals surface area contributed by atoms with Crippen LogP contribution in [0.25, 0.3) is 0 Å². The molecule has 2 heterocycles. The van der Waals surface area contributed by atoms with Crippen molar-refractivity contribution in [2.45, 2.75) is 25.0 Å². The molecule has 1 aromatic carbocycles. The van der Waals surface area contributed by atoms with Crippen LogP contribution in [0.2, 0.25) is 0 Å². The third-order valence-electron chi connectivity index (χ3n) is 4.50. The molecule has 2 fully saturated rings. The van der Waals surface area contributed by atoms with Gasteiger partial charge in [-0.05, 0) is 25.0 Å². The molecule has 2 aliphatic heterocycles. The van der Waals surface area contributed by atoms with E-state index >= 15 is 0 Å². The lowest BCUT2D eigenvalue weighted by molar-refractivity contribution is -0.313. The summed E-state index contributed by atoms with van der Waals surface area (Å²) in [6.45, 7) is 0. The first kappa shape index (κ1) is 15.6. The van der Waals surface area contributed by atoms with Crippen LogP contribution in [0.1, 0.15) is 12.8 Å². The van der Waals surface area contributed by atoms with Crippen LogP contribution in [-0.4, -0.2) is 38.3 Å². The number of hydrogen-bond donors (Lipinski definition) is 1. The van der Waals surface area contributed by atoms with Gasteiger partial charge in [0.15, 0.2) is 11.5 Å². The molecule has 3 rings (SSSR count). The average Bonchev–Trinajstić information content (AvgIpc) is 3.15. The summed E-state index contributed by atoms with van der Waals surface area (Å²) in [5, 5.41) is 14.1. The van der Waals surface area contributed by atoms with E-state index in [0.717, 1.165) is 0 Å². The van der Waals surface area contributed by atoms with Gasteiger partial charge in [0.1, 0.15) is 0 Å². The van der Waals surface area contributed by atoms with Gasteiger partial charge in [-0.25, -0.2) is 0 Å². The zero-order valence-electron chi connectivity index (χ0n) is 12.9. The maximum absolute atomic E-state index is 12.5. The molecule has 0 spiro atoms. The highest BCUT2D eigenvalue weighted by molar-refractivity contribution is 5.96. The Hall–Kier alpha value is -2.28. The molecule has 1 N–H and O–H groups in total. The van der Waals surface area contributed by atoms with Crippen molar-refractivity contribution in [2.24, 2.45) is 11.8 Å². The number of carboxylic acids is 1. The second-order valence-corrected chi connectivity index (χ2v) is 5.72. The molecular weight excluding hydrogens is 302 g/mol. The topological polar surface area (TPSA) is 96.9 Å². The van der Waals surface area contributed by atoms with Gasteiger partial charge in [-0.3, -0.25) is 4.79 Å². The summed E-state index contributed by atoms with van der Waals surface area (Å²) < 4.78 is 15.9. The Balaban J connectivity index is 1.78. The lowest BCUT2D eigenvalue weighted by Crippen LogP contribution is -2.46. The van der Waals surface area contributed by atoms with Crippen LogP contribution >= 0.6 is 0 Å². The fourth-order valence-corrected chi connectivity index (χ4v) is 3.45. The van der Waals surface area contributed by atoms with E-state index in [1.54, 1.807) is 18.2 Å². The molecule has 2 aliphatic rings. The number of carbonyl (C=O) groups excluding carboxylic acids is 2. The van der Waals surface area contributed by atoms with Crippen molar-refractivity contribution in [3.63, 3.8) is 0 Å². The molecule has 0 radical (unpaired) electrons. The monoisotopic (exact) mass is 320 g/mol. The molecule has 7 nitrogen and oxygen atoms in total. The van der Waals surface area contributed by atoms with E-state index in [-0.39, 0.29) is 12.0 Å². The van der Waals surface area contributed by atoms with E-state index in [0.29, 0.717) is 30.0 Å². The number of aliphatic carboxylic acids is 1. The number of carboxylic acid groups (broad SMARTS) is 1. The number of anilines is 1. The van der Waals surface area contributed by atoms with Gasteiger partial charge >= 0.3 is 0 Å². The summed E-state index contributed by atoms with van der Waals surface area (Å²) in [5.74, 6) is -2.21. The highest BCUT2D eigenvalue weighted by Crippen LogP contribution is 2.43. The maximum Gasteiger partial charge on any atom is 0.230 e. The van der Waals surface area contributed by atoms with Crippen molar-refractivity contribution >= 4 is 17.6 Å². The van der Waals surface area contributed by atoms with Gasteiger partial charge in [-0.2, -0.15) is 0 Å². The normalized spacial score (nSPS) is 28.4. The summed E-state index contributed by atoms with van der Waals surface area (Å²) >= 11 is 0. The van der Waals surface area contributed by atoms with E-state index in [4.69, 9.17) is 14.2 Å². The number of methoxy groups -OCH3 is 2. The Morgan fingerprint density at radius 2 is 1.78 bits per heavy atom. The zero-order chi connectivity index (χ0) is 16.6. The van der Waals surface area contributed by atoms with Gasteiger partial charge in [-0.1, -0.05) is 0 Å². The lowest BCUT2D eigenvalue weighted by Gasteiger charge is -2.27. The fourth-order valence-electron chi connectivity index (χ4n) is 3.45. The number of nitrogens with one attached hydrogen (secondary N) is 1. The Labute approximate surface area is 133 Å². The molecule has 0 unspecified atom stereocenters. The molecule has 0 aromatic heterocycles. The Kier molecular flexibility index (Phi) is 4.12. The third-order valence-corrected chi connectivity index (χ3v) is 4.50. The molecular formula is C16H18NO6-. The van der Waals surface area contributed by atoms with Gasteiger partial charge in [-0.15, -0.1) is 0 Å². The summed E-state index contributed by atoms with van der Waals surface area (Å²) in [6.07, 6.45) is 0.566. The lowest BCUT2D eigenvalue weighted by atomic mass is 9.78. The van der Waals surface area contributed by atoms with Crippen LogP contribution in [-0.2, 0) is 14.3 Å². The van der Waals surface area contributed by atoms with Crippen LogP contribution in [0, 0.1) is 11.8 Å². The smallest absolute Gasteiger partial charge is 0.230 e. The van der Waals surface area contributed by atoms with Crippen LogP contribution in [0.4, 0.5) is 5.69 Å². The summed E-state index contributed by atoms with van der Waals surface area (Å²) in [7, 11) is 3.02. The molecule has 4 atom stereocenters. The van der Waals surface area contributed by atoms with E-state index < -0.39 is 23.9 Å². The van der Waals surface area contributed by atoms with E-state index in [9.17, 15) is 14.7 Å². The van der Waals surface area contributed by atoms with Crippen molar-refractivity contribution in [3.05, 3.63) is 18.2 Å². The predicted molar refractivity (Wildman–Crippen MR) is 78.1 cm³/mol. The minimum absolute atomic E-state index is 0.358. The SMILES string of the molecule is COc1ccc(NC(=O)[C@@H]2[C@@H](C(=O)[O-])[C@H]3CC[C@@H]2O3)cc1OC. The minimum atomic E-state index is -1.23. The van der Waals surface area contributed by atoms with Gasteiger partial charge in [0.25, 0.3) is 0 Å². The molecule has 0 saturated carbocycles. The molecule has 1 amide bonds. The van der Waals surface area contributed by atoms with Crippen LogP contribution in [0.3, 0.4) is 0 Å². The third kappa shape index (κ3) is 2.72. The quantitative estimate of drug-likeness (QED) is 0.831. The number of ether oxygens (including phenoxy) is 3. The standard InChI is InChI=1S/C16H19NO6/c1-21-9-4-3-8(7-12(9)22-2)17-15(18)13-10-5-6-11(23-10)14(13)16(19)20/h3-4,7,10-11,13-14H,5-6H2,1-2H3,(H,17,18)(H,19,20)/p-1/t10-,11+,13-,14-/m0/s1. The van der Waals surface area contributed by atoms with Gasteiger partial charge in [0, 0.05) is 23.6 Å². The molecule has 1 aromatic rings. The maximum atomic E-state index is 12.5. The van der Waals surface area contributed by atoms with Crippen LogP contribution < -0.4 is 19.9 Å². The van der Waals surface area contributed by atoms with Crippen LogP contribution in [0.15, 0.2) is 18.2 Å². The Bertz CT molecular complexity index is 631. The Morgan fingerprint density at radius 1 is 1.13 bits per heavy atom. The zero-order valence-corrected chi connectivity index (χ0v) is 12.9. The summed E-state index contributed by atoms with van der Waals surface area (Å²) in [6, 6.07) is 4.96. The number of amides is 1. The molecule has 2 saturated heterocycles. The van der Waals surface area contributed by atoms with E-state index in [2.05, 4.69) is 5.32 Å². The number of fused-ring (bicyclic) bond motifs is 2. The van der Waals surface area contributed by atoms with E-state index in [1.807, 2.05) is 0 Å². The predicted octanol–water partition coefficient (Wildman–Crippen LogP) is 0.186. The largest absolute Gasteiger partial charge is 0.550 e. The highest BCUT2D eigenvalue weighted by Gasteiger charge is 2.52. The average molecular weight is 320 g/mol. The molecule has 7 heteroatoms. The van der Waals surface area contributed by atoms with Crippen molar-refractivity contribution in [1.29, 1.82) is 0 Å². The second kappa shape index (κ2) is 6.08. The highest BCUT2D eigenvalue weighted by atomic mass is 16.5. The van der Waals surface area contributed by atoms with E-state index in [1.165, 1.54) is 14.2 Å². The first-order valence-electron chi connectivity index (χ1n) is 7.44. The Morgan fingerprint density at radius 3 is 2.39 bits per heavy atom. The number of hydrogen-bond acceptors (Lipinski definition) is 6. The first-order valence-corrected chi connectivity index (χ1v) is 7.44. The molecule has 23 heavy (non-hydrogen) atoms. The first-order chi connectivity index (χ1) is 11.0. The van der Waals surface area contributed by atoms with Crippen molar-refractivity contribution in [3.8, 4) is 11.5 Å². The molecule has 124 valence electrons.